The van der Waals surface area contributed by atoms with Gasteiger partial charge in [0.25, 0.3) is 5.91 Å². The standard InChI is InChI=1S/C20H19ClN2O3/c21-15-6-7-17-14(9-15)10-18(26-17)20(25)22-11-12-2-1-3-16(8-12)23-19(24)13-4-5-13/h1-3,6-9,13,18H,4-5,10-11H2,(H,22,25)(H,23,24). The molecular formula is C20H19ClN2O3. The molecule has 1 aliphatic carbocycles. The van der Waals surface area contributed by atoms with Crippen molar-refractivity contribution in [3.8, 4) is 5.75 Å². The Hall–Kier alpha value is -2.53. The van der Waals surface area contributed by atoms with Crippen molar-refractivity contribution in [1.29, 1.82) is 0 Å². The fourth-order valence-electron chi connectivity index (χ4n) is 3.02. The fraction of sp³-hybridized carbons (Fsp3) is 0.300. The van der Waals surface area contributed by atoms with E-state index in [2.05, 4.69) is 10.6 Å². The highest BCUT2D eigenvalue weighted by Crippen LogP contribution is 2.31. The molecule has 2 aromatic rings. The summed E-state index contributed by atoms with van der Waals surface area (Å²) in [7, 11) is 0. The van der Waals surface area contributed by atoms with Gasteiger partial charge < -0.3 is 15.4 Å². The highest BCUT2D eigenvalue weighted by atomic mass is 35.5. The number of amides is 2. The van der Waals surface area contributed by atoms with E-state index >= 15 is 0 Å². The molecule has 0 radical (unpaired) electrons. The number of nitrogens with one attached hydrogen (secondary N) is 2. The molecular weight excluding hydrogens is 352 g/mol. The Morgan fingerprint density at radius 3 is 2.77 bits per heavy atom. The van der Waals surface area contributed by atoms with E-state index in [-0.39, 0.29) is 17.7 Å². The molecule has 1 unspecified atom stereocenters. The fourth-order valence-corrected chi connectivity index (χ4v) is 3.21. The molecule has 1 fully saturated rings. The van der Waals surface area contributed by atoms with E-state index in [1.807, 2.05) is 30.3 Å². The highest BCUT2D eigenvalue weighted by molar-refractivity contribution is 6.30. The van der Waals surface area contributed by atoms with Crippen LogP contribution in [0, 0.1) is 5.92 Å². The third-order valence-corrected chi connectivity index (χ3v) is 4.83. The quantitative estimate of drug-likeness (QED) is 0.848. The van der Waals surface area contributed by atoms with E-state index in [0.29, 0.717) is 23.7 Å². The maximum absolute atomic E-state index is 12.4. The van der Waals surface area contributed by atoms with Crippen LogP contribution in [0.5, 0.6) is 5.75 Å². The van der Waals surface area contributed by atoms with Crippen LogP contribution in [0.1, 0.15) is 24.0 Å². The molecule has 2 aromatic carbocycles. The summed E-state index contributed by atoms with van der Waals surface area (Å²) in [6.07, 6.45) is 1.91. The first-order valence-electron chi connectivity index (χ1n) is 8.71. The second-order valence-corrected chi connectivity index (χ2v) is 7.18. The van der Waals surface area contributed by atoms with Gasteiger partial charge in [-0.25, -0.2) is 0 Å². The zero-order valence-electron chi connectivity index (χ0n) is 14.1. The molecule has 1 atom stereocenters. The van der Waals surface area contributed by atoms with Crippen LogP contribution in [-0.2, 0) is 22.6 Å². The minimum atomic E-state index is -0.541. The van der Waals surface area contributed by atoms with Crippen molar-refractivity contribution in [3.63, 3.8) is 0 Å². The summed E-state index contributed by atoms with van der Waals surface area (Å²) in [5.41, 5.74) is 2.63. The Labute approximate surface area is 156 Å². The molecule has 1 aliphatic heterocycles. The predicted molar refractivity (Wildman–Crippen MR) is 99.2 cm³/mol. The molecule has 0 bridgehead atoms. The first-order chi connectivity index (χ1) is 12.6. The van der Waals surface area contributed by atoms with E-state index in [4.69, 9.17) is 16.3 Å². The smallest absolute Gasteiger partial charge is 0.261 e. The van der Waals surface area contributed by atoms with Gasteiger partial charge in [0, 0.05) is 29.6 Å². The van der Waals surface area contributed by atoms with E-state index in [1.54, 1.807) is 12.1 Å². The minimum Gasteiger partial charge on any atom is -0.480 e. The summed E-state index contributed by atoms with van der Waals surface area (Å²) in [4.78, 5) is 24.2. The second-order valence-electron chi connectivity index (χ2n) is 6.74. The van der Waals surface area contributed by atoms with Crippen molar-refractivity contribution < 1.29 is 14.3 Å². The van der Waals surface area contributed by atoms with Crippen LogP contribution < -0.4 is 15.4 Å². The molecule has 1 heterocycles. The molecule has 2 N–H and O–H groups in total. The lowest BCUT2D eigenvalue weighted by molar-refractivity contribution is -0.127. The van der Waals surface area contributed by atoms with Gasteiger partial charge >= 0.3 is 0 Å². The van der Waals surface area contributed by atoms with Crippen LogP contribution in [0.25, 0.3) is 0 Å². The van der Waals surface area contributed by atoms with Gasteiger partial charge in [0.15, 0.2) is 6.10 Å². The van der Waals surface area contributed by atoms with Crippen molar-refractivity contribution in [1.82, 2.24) is 5.32 Å². The van der Waals surface area contributed by atoms with E-state index in [1.165, 1.54) is 0 Å². The summed E-state index contributed by atoms with van der Waals surface area (Å²) < 4.78 is 5.69. The molecule has 26 heavy (non-hydrogen) atoms. The summed E-state index contributed by atoms with van der Waals surface area (Å²) >= 11 is 5.98. The molecule has 4 rings (SSSR count). The first-order valence-corrected chi connectivity index (χ1v) is 9.09. The van der Waals surface area contributed by atoms with Gasteiger partial charge in [-0.1, -0.05) is 23.7 Å². The number of carbonyl (C=O) groups excluding carboxylic acids is 2. The van der Waals surface area contributed by atoms with Crippen molar-refractivity contribution in [2.24, 2.45) is 5.92 Å². The summed E-state index contributed by atoms with van der Waals surface area (Å²) in [6, 6.07) is 12.9. The van der Waals surface area contributed by atoms with Crippen molar-refractivity contribution in [2.45, 2.75) is 31.9 Å². The number of halogens is 1. The monoisotopic (exact) mass is 370 g/mol. The van der Waals surface area contributed by atoms with Crippen LogP contribution in [0.2, 0.25) is 5.02 Å². The Balaban J connectivity index is 1.33. The molecule has 134 valence electrons. The SMILES string of the molecule is O=C(Nc1cccc(CNC(=O)C2Cc3cc(Cl)ccc3O2)c1)C1CC1. The molecule has 6 heteroatoms. The molecule has 1 saturated carbocycles. The first kappa shape index (κ1) is 16.9. The predicted octanol–water partition coefficient (Wildman–Crippen LogP) is 3.31. The van der Waals surface area contributed by atoms with Crippen molar-refractivity contribution >= 4 is 29.1 Å². The lowest BCUT2D eigenvalue weighted by Gasteiger charge is -2.12. The summed E-state index contributed by atoms with van der Waals surface area (Å²) in [5, 5.41) is 6.45. The van der Waals surface area contributed by atoms with Crippen LogP contribution in [0.4, 0.5) is 5.69 Å². The van der Waals surface area contributed by atoms with Crippen molar-refractivity contribution in [2.75, 3.05) is 5.32 Å². The maximum atomic E-state index is 12.4. The van der Waals surface area contributed by atoms with Gasteiger partial charge in [-0.2, -0.15) is 0 Å². The number of ether oxygens (including phenoxy) is 1. The number of hydrogen-bond donors (Lipinski definition) is 2. The molecule has 5 nitrogen and oxygen atoms in total. The van der Waals surface area contributed by atoms with Gasteiger partial charge in [-0.15, -0.1) is 0 Å². The Morgan fingerprint density at radius 2 is 1.96 bits per heavy atom. The lowest BCUT2D eigenvalue weighted by atomic mass is 10.1. The second kappa shape index (κ2) is 7.00. The summed E-state index contributed by atoms with van der Waals surface area (Å²) in [6.45, 7) is 0.378. The highest BCUT2D eigenvalue weighted by Gasteiger charge is 2.30. The van der Waals surface area contributed by atoms with Crippen LogP contribution in [0.3, 0.4) is 0 Å². The number of hydrogen-bond acceptors (Lipinski definition) is 3. The van der Waals surface area contributed by atoms with E-state index < -0.39 is 6.10 Å². The molecule has 0 saturated heterocycles. The third-order valence-electron chi connectivity index (χ3n) is 4.60. The Morgan fingerprint density at radius 1 is 1.12 bits per heavy atom. The van der Waals surface area contributed by atoms with Crippen LogP contribution in [0.15, 0.2) is 42.5 Å². The average molecular weight is 371 g/mol. The zero-order chi connectivity index (χ0) is 18.1. The number of carbonyl (C=O) groups is 2. The van der Waals surface area contributed by atoms with Gasteiger partial charge in [-0.3, -0.25) is 9.59 Å². The maximum Gasteiger partial charge on any atom is 0.261 e. The molecule has 0 spiro atoms. The van der Waals surface area contributed by atoms with Gasteiger partial charge in [0.1, 0.15) is 5.75 Å². The Kier molecular flexibility index (Phi) is 4.55. The average Bonchev–Trinajstić information content (AvgIpc) is 3.40. The van der Waals surface area contributed by atoms with E-state index in [9.17, 15) is 9.59 Å². The van der Waals surface area contributed by atoms with Crippen LogP contribution >= 0.6 is 11.6 Å². The number of fused-ring (bicyclic) bond motifs is 1. The Bertz CT molecular complexity index is 864. The minimum absolute atomic E-state index is 0.0713. The molecule has 2 aliphatic rings. The van der Waals surface area contributed by atoms with Crippen molar-refractivity contribution in [3.05, 3.63) is 58.6 Å². The largest absolute Gasteiger partial charge is 0.480 e. The molecule has 0 aromatic heterocycles. The zero-order valence-corrected chi connectivity index (χ0v) is 14.9. The van der Waals surface area contributed by atoms with Gasteiger partial charge in [-0.05, 0) is 54.3 Å². The lowest BCUT2D eigenvalue weighted by Crippen LogP contribution is -2.37. The normalized spacial score (nSPS) is 18.0. The van der Waals surface area contributed by atoms with Gasteiger partial charge in [0.05, 0.1) is 0 Å². The van der Waals surface area contributed by atoms with Crippen LogP contribution in [-0.4, -0.2) is 17.9 Å². The van der Waals surface area contributed by atoms with E-state index in [0.717, 1.165) is 29.7 Å². The van der Waals surface area contributed by atoms with Gasteiger partial charge in [0.2, 0.25) is 5.91 Å². The third kappa shape index (κ3) is 3.83. The molecule has 2 amide bonds. The topological polar surface area (TPSA) is 67.4 Å². The number of rotatable bonds is 5. The number of benzene rings is 2. The number of anilines is 1. The summed E-state index contributed by atoms with van der Waals surface area (Å²) in [5.74, 6) is 0.777.